The Morgan fingerprint density at radius 1 is 1.11 bits per heavy atom. The van der Waals surface area contributed by atoms with Gasteiger partial charge < -0.3 is 29.7 Å². The molecule has 0 aromatic heterocycles. The second-order valence-electron chi connectivity index (χ2n) is 6.64. The number of benzene rings is 1. The molecule has 2 rings (SSSR count). The summed E-state index contributed by atoms with van der Waals surface area (Å²) in [4.78, 5) is 25.8. The van der Waals surface area contributed by atoms with Crippen LogP contribution < -0.4 is 24.8 Å². The Morgan fingerprint density at radius 3 is 2.22 bits per heavy atom. The van der Waals surface area contributed by atoms with E-state index in [1.807, 2.05) is 13.8 Å². The van der Waals surface area contributed by atoms with Crippen LogP contribution in [0.4, 0.5) is 4.79 Å². The summed E-state index contributed by atoms with van der Waals surface area (Å²) in [5, 5.41) is 5.77. The predicted molar refractivity (Wildman–Crippen MR) is 101 cm³/mol. The average molecular weight is 379 g/mol. The van der Waals surface area contributed by atoms with Gasteiger partial charge in [-0.15, -0.1) is 0 Å². The summed E-state index contributed by atoms with van der Waals surface area (Å²) < 4.78 is 16.0. The van der Waals surface area contributed by atoms with Gasteiger partial charge in [-0.1, -0.05) is 0 Å². The number of amides is 3. The number of carbonyl (C=O) groups excluding carboxylic acids is 2. The maximum absolute atomic E-state index is 12.3. The summed E-state index contributed by atoms with van der Waals surface area (Å²) in [7, 11) is 4.64. The summed E-state index contributed by atoms with van der Waals surface area (Å²) in [5.74, 6) is 1.71. The second-order valence-corrected chi connectivity index (χ2v) is 6.64. The van der Waals surface area contributed by atoms with E-state index in [1.165, 1.54) is 0 Å². The van der Waals surface area contributed by atoms with E-state index in [2.05, 4.69) is 10.6 Å². The molecule has 2 N–H and O–H groups in total. The van der Waals surface area contributed by atoms with Crippen LogP contribution in [0.1, 0.15) is 38.3 Å². The first-order valence-electron chi connectivity index (χ1n) is 9.04. The zero-order chi connectivity index (χ0) is 20.0. The Kier molecular flexibility index (Phi) is 7.15. The molecule has 150 valence electrons. The lowest BCUT2D eigenvalue weighted by Crippen LogP contribution is -2.46. The molecule has 27 heavy (non-hydrogen) atoms. The predicted octanol–water partition coefficient (Wildman–Crippen LogP) is 2.08. The van der Waals surface area contributed by atoms with Gasteiger partial charge in [0, 0.05) is 25.6 Å². The molecule has 0 spiro atoms. The van der Waals surface area contributed by atoms with Gasteiger partial charge in [0.25, 0.3) is 0 Å². The number of carbonyl (C=O) groups is 2. The molecule has 1 aromatic rings. The third-order valence-electron chi connectivity index (χ3n) is 4.58. The van der Waals surface area contributed by atoms with E-state index in [4.69, 9.17) is 14.2 Å². The third-order valence-corrected chi connectivity index (χ3v) is 4.58. The van der Waals surface area contributed by atoms with Gasteiger partial charge in [0.2, 0.25) is 11.7 Å². The molecule has 2 unspecified atom stereocenters. The molecule has 0 aliphatic carbocycles. The number of ether oxygens (including phenoxy) is 3. The number of likely N-dealkylation sites (tertiary alicyclic amines) is 1. The highest BCUT2D eigenvalue weighted by Crippen LogP contribution is 2.39. The third kappa shape index (κ3) is 5.18. The van der Waals surface area contributed by atoms with Gasteiger partial charge in [-0.3, -0.25) is 4.79 Å². The van der Waals surface area contributed by atoms with Crippen LogP contribution in [0.3, 0.4) is 0 Å². The summed E-state index contributed by atoms with van der Waals surface area (Å²) in [6.07, 6.45) is 1.48. The van der Waals surface area contributed by atoms with Crippen LogP contribution in [0.15, 0.2) is 12.1 Å². The lowest BCUT2D eigenvalue weighted by molar-refractivity contribution is -0.127. The topological polar surface area (TPSA) is 89.1 Å². The molecule has 2 atom stereocenters. The van der Waals surface area contributed by atoms with Crippen LogP contribution in [0, 0.1) is 0 Å². The van der Waals surface area contributed by atoms with Crippen molar-refractivity contribution in [3.05, 3.63) is 17.7 Å². The number of hydrogen-bond acceptors (Lipinski definition) is 5. The van der Waals surface area contributed by atoms with E-state index in [-0.39, 0.29) is 24.0 Å². The average Bonchev–Trinajstić information content (AvgIpc) is 3.04. The highest BCUT2D eigenvalue weighted by Gasteiger charge is 2.23. The first kappa shape index (κ1) is 20.7. The van der Waals surface area contributed by atoms with E-state index < -0.39 is 0 Å². The van der Waals surface area contributed by atoms with Crippen LogP contribution in [0.5, 0.6) is 17.2 Å². The van der Waals surface area contributed by atoms with Gasteiger partial charge in [-0.05, 0) is 38.0 Å². The molecular weight excluding hydrogens is 350 g/mol. The van der Waals surface area contributed by atoms with Gasteiger partial charge in [0.05, 0.1) is 27.4 Å². The highest BCUT2D eigenvalue weighted by molar-refractivity contribution is 5.78. The minimum absolute atomic E-state index is 0.140. The molecule has 1 fully saturated rings. The van der Waals surface area contributed by atoms with E-state index >= 15 is 0 Å². The van der Waals surface area contributed by atoms with Crippen molar-refractivity contribution >= 4 is 11.9 Å². The smallest absolute Gasteiger partial charge is 0.315 e. The zero-order valence-corrected chi connectivity index (χ0v) is 16.6. The van der Waals surface area contributed by atoms with E-state index in [0.717, 1.165) is 18.5 Å². The first-order chi connectivity index (χ1) is 12.9. The molecule has 8 nitrogen and oxygen atoms in total. The number of methoxy groups -OCH3 is 3. The largest absolute Gasteiger partial charge is 0.493 e. The number of urea groups is 1. The van der Waals surface area contributed by atoms with Crippen molar-refractivity contribution in [2.45, 2.75) is 38.8 Å². The molecule has 0 bridgehead atoms. The minimum atomic E-state index is -0.296. The zero-order valence-electron chi connectivity index (χ0n) is 16.6. The Bertz CT molecular complexity index is 654. The van der Waals surface area contributed by atoms with E-state index in [0.29, 0.717) is 30.2 Å². The summed E-state index contributed by atoms with van der Waals surface area (Å²) >= 11 is 0. The maximum Gasteiger partial charge on any atom is 0.315 e. The monoisotopic (exact) mass is 379 g/mol. The molecular formula is C19H29N3O5. The molecule has 1 aliphatic rings. The molecule has 1 heterocycles. The second kappa shape index (κ2) is 9.34. The van der Waals surface area contributed by atoms with Gasteiger partial charge in [-0.2, -0.15) is 0 Å². The van der Waals surface area contributed by atoms with E-state index in [9.17, 15) is 9.59 Å². The molecule has 0 saturated carbocycles. The van der Waals surface area contributed by atoms with E-state index in [1.54, 1.807) is 38.4 Å². The summed E-state index contributed by atoms with van der Waals surface area (Å²) in [6.45, 7) is 5.03. The van der Waals surface area contributed by atoms with Crippen LogP contribution in [0.2, 0.25) is 0 Å². The first-order valence-corrected chi connectivity index (χ1v) is 9.04. The fourth-order valence-corrected chi connectivity index (χ4v) is 3.17. The normalized spacial score (nSPS) is 15.9. The number of nitrogens with one attached hydrogen (secondary N) is 2. The summed E-state index contributed by atoms with van der Waals surface area (Å²) in [6, 6.07) is 2.89. The molecule has 1 saturated heterocycles. The fraction of sp³-hybridized carbons (Fsp3) is 0.579. The van der Waals surface area contributed by atoms with Gasteiger partial charge in [0.15, 0.2) is 11.5 Å². The standard InChI is InChI=1S/C19H29N3O5/c1-12(11-22-8-6-7-17(22)23)20-19(24)21-13(2)14-9-15(25-3)18(27-5)16(10-14)26-4/h9-10,12-13H,6-8,11H2,1-5H3,(H2,20,21,24). The van der Waals surface area contributed by atoms with Crippen LogP contribution in [-0.2, 0) is 4.79 Å². The molecule has 8 heteroatoms. The Morgan fingerprint density at radius 2 is 1.74 bits per heavy atom. The van der Waals surface area contributed by atoms with Crippen molar-refractivity contribution in [1.29, 1.82) is 0 Å². The van der Waals surface area contributed by atoms with Crippen LogP contribution in [-0.4, -0.2) is 57.3 Å². The number of nitrogens with zero attached hydrogens (tertiary/aromatic N) is 1. The molecule has 1 aliphatic heterocycles. The molecule has 3 amide bonds. The number of hydrogen-bond donors (Lipinski definition) is 2. The maximum atomic E-state index is 12.3. The van der Waals surface area contributed by atoms with Crippen molar-refractivity contribution in [1.82, 2.24) is 15.5 Å². The van der Waals surface area contributed by atoms with Crippen molar-refractivity contribution < 1.29 is 23.8 Å². The fourth-order valence-electron chi connectivity index (χ4n) is 3.17. The van der Waals surface area contributed by atoms with Gasteiger partial charge in [0.1, 0.15) is 0 Å². The van der Waals surface area contributed by atoms with Crippen molar-refractivity contribution in [3.8, 4) is 17.2 Å². The van der Waals surface area contributed by atoms with Gasteiger partial charge >= 0.3 is 6.03 Å². The molecule has 1 aromatic carbocycles. The Balaban J connectivity index is 1.98. The van der Waals surface area contributed by atoms with Crippen LogP contribution >= 0.6 is 0 Å². The summed E-state index contributed by atoms with van der Waals surface area (Å²) in [5.41, 5.74) is 0.821. The van der Waals surface area contributed by atoms with Crippen molar-refractivity contribution in [2.24, 2.45) is 0 Å². The Hall–Kier alpha value is -2.64. The minimum Gasteiger partial charge on any atom is -0.493 e. The van der Waals surface area contributed by atoms with Crippen molar-refractivity contribution in [3.63, 3.8) is 0 Å². The van der Waals surface area contributed by atoms with Crippen LogP contribution in [0.25, 0.3) is 0 Å². The lowest BCUT2D eigenvalue weighted by atomic mass is 10.1. The lowest BCUT2D eigenvalue weighted by Gasteiger charge is -2.23. The Labute approximate surface area is 160 Å². The quantitative estimate of drug-likeness (QED) is 0.722. The SMILES string of the molecule is COc1cc(C(C)NC(=O)NC(C)CN2CCCC2=O)cc(OC)c1OC. The highest BCUT2D eigenvalue weighted by atomic mass is 16.5. The van der Waals surface area contributed by atoms with Gasteiger partial charge in [-0.25, -0.2) is 4.79 Å². The van der Waals surface area contributed by atoms with Crippen molar-refractivity contribution in [2.75, 3.05) is 34.4 Å². The number of rotatable bonds is 8. The molecule has 0 radical (unpaired) electrons.